The van der Waals surface area contributed by atoms with Gasteiger partial charge in [0.25, 0.3) is 0 Å². The van der Waals surface area contributed by atoms with Gasteiger partial charge in [0.05, 0.1) is 23.8 Å². The largest absolute Gasteiger partial charge is 0.325 e. The minimum absolute atomic E-state index is 0.0889. The first kappa shape index (κ1) is 20.9. The molecule has 6 heteroatoms. The summed E-state index contributed by atoms with van der Waals surface area (Å²) in [5.74, 6) is -0.0159. The van der Waals surface area contributed by atoms with E-state index in [0.717, 1.165) is 17.7 Å². The van der Waals surface area contributed by atoms with Gasteiger partial charge in [0, 0.05) is 5.69 Å². The van der Waals surface area contributed by atoms with Crippen LogP contribution >= 0.6 is 11.6 Å². The molecule has 0 aliphatic carbocycles. The molecule has 2 aromatic carbocycles. The predicted octanol–water partition coefficient (Wildman–Crippen LogP) is 4.36. The Morgan fingerprint density at radius 2 is 1.48 bits per heavy atom. The summed E-state index contributed by atoms with van der Waals surface area (Å²) in [6.07, 6.45) is 0.995. The third-order valence-electron chi connectivity index (χ3n) is 4.35. The second kappa shape index (κ2) is 10.1. The highest BCUT2D eigenvalue weighted by atomic mass is 35.5. The lowest BCUT2D eigenvalue weighted by molar-refractivity contribution is -0.119. The molecule has 0 aromatic heterocycles. The van der Waals surface area contributed by atoms with Gasteiger partial charge in [0.2, 0.25) is 11.8 Å². The summed E-state index contributed by atoms with van der Waals surface area (Å²) in [6, 6.07) is 14.9. The Bertz CT molecular complexity index is 795. The first-order chi connectivity index (χ1) is 12.9. The van der Waals surface area contributed by atoms with Crippen molar-refractivity contribution in [2.24, 2.45) is 0 Å². The number of anilines is 2. The number of halogens is 1. The molecule has 27 heavy (non-hydrogen) atoms. The maximum absolute atomic E-state index is 12.4. The van der Waals surface area contributed by atoms with Gasteiger partial charge >= 0.3 is 0 Å². The minimum atomic E-state index is -0.224. The number of nitrogens with one attached hydrogen (secondary N) is 2. The van der Waals surface area contributed by atoms with Gasteiger partial charge in [-0.3, -0.25) is 14.5 Å². The van der Waals surface area contributed by atoms with Gasteiger partial charge in [0.15, 0.2) is 0 Å². The van der Waals surface area contributed by atoms with Crippen molar-refractivity contribution in [3.8, 4) is 0 Å². The molecule has 0 spiro atoms. The molecule has 0 bridgehead atoms. The van der Waals surface area contributed by atoms with Crippen molar-refractivity contribution in [1.82, 2.24) is 4.90 Å². The highest BCUT2D eigenvalue weighted by molar-refractivity contribution is 6.33. The number of para-hydroxylation sites is 2. The van der Waals surface area contributed by atoms with E-state index in [1.165, 1.54) is 0 Å². The zero-order valence-electron chi connectivity index (χ0n) is 16.0. The molecule has 0 unspecified atom stereocenters. The highest BCUT2D eigenvalue weighted by Gasteiger charge is 2.14. The maximum atomic E-state index is 12.4. The number of rotatable bonds is 8. The lowest BCUT2D eigenvalue weighted by Crippen LogP contribution is -2.36. The van der Waals surface area contributed by atoms with E-state index in [0.29, 0.717) is 16.6 Å². The molecular formula is C21H26ClN3O2. The number of carbonyl (C=O) groups excluding carboxylic acids is 2. The van der Waals surface area contributed by atoms with Crippen LogP contribution in [-0.4, -0.2) is 36.9 Å². The van der Waals surface area contributed by atoms with E-state index < -0.39 is 0 Å². The summed E-state index contributed by atoms with van der Waals surface area (Å²) in [5.41, 5.74) is 2.50. The molecule has 2 aromatic rings. The molecule has 144 valence electrons. The minimum Gasteiger partial charge on any atom is -0.325 e. The van der Waals surface area contributed by atoms with Crippen molar-refractivity contribution in [3.63, 3.8) is 0 Å². The molecule has 2 amide bonds. The summed E-state index contributed by atoms with van der Waals surface area (Å²) in [7, 11) is 1.73. The fourth-order valence-electron chi connectivity index (χ4n) is 2.75. The van der Waals surface area contributed by atoms with Crippen LogP contribution in [0.1, 0.15) is 31.7 Å². The van der Waals surface area contributed by atoms with E-state index in [-0.39, 0.29) is 24.9 Å². The van der Waals surface area contributed by atoms with Crippen molar-refractivity contribution >= 4 is 34.8 Å². The standard InChI is InChI=1S/C21H26ClN3O2/c1-4-15(2)16-9-5-7-11-18(16)23-20(26)13-25(3)14-21(27)24-19-12-8-6-10-17(19)22/h5-12,15H,4,13-14H2,1-3H3,(H,23,26)(H,24,27)/t15-/m0/s1. The molecular weight excluding hydrogens is 362 g/mol. The van der Waals surface area contributed by atoms with Gasteiger partial charge in [-0.2, -0.15) is 0 Å². The molecule has 0 radical (unpaired) electrons. The Labute approximate surface area is 165 Å². The fraction of sp³-hybridized carbons (Fsp3) is 0.333. The number of hydrogen-bond acceptors (Lipinski definition) is 3. The van der Waals surface area contributed by atoms with Gasteiger partial charge in [-0.05, 0) is 43.1 Å². The maximum Gasteiger partial charge on any atom is 0.238 e. The van der Waals surface area contributed by atoms with Gasteiger partial charge in [-0.25, -0.2) is 0 Å². The molecule has 0 aliphatic heterocycles. The van der Waals surface area contributed by atoms with E-state index in [1.54, 1.807) is 36.2 Å². The van der Waals surface area contributed by atoms with Crippen LogP contribution in [0, 0.1) is 0 Å². The number of carbonyl (C=O) groups is 2. The number of hydrogen-bond donors (Lipinski definition) is 2. The summed E-state index contributed by atoms with van der Waals surface area (Å²) < 4.78 is 0. The normalized spacial score (nSPS) is 11.9. The van der Waals surface area contributed by atoms with Crippen molar-refractivity contribution in [2.45, 2.75) is 26.2 Å². The van der Waals surface area contributed by atoms with Crippen LogP contribution in [0.4, 0.5) is 11.4 Å². The smallest absolute Gasteiger partial charge is 0.238 e. The van der Waals surface area contributed by atoms with E-state index in [2.05, 4.69) is 24.5 Å². The number of nitrogens with zero attached hydrogens (tertiary/aromatic N) is 1. The SMILES string of the molecule is CC[C@H](C)c1ccccc1NC(=O)CN(C)CC(=O)Nc1ccccc1Cl. The molecule has 5 nitrogen and oxygen atoms in total. The van der Waals surface area contributed by atoms with Gasteiger partial charge in [0.1, 0.15) is 0 Å². The van der Waals surface area contributed by atoms with E-state index in [1.807, 2.05) is 24.3 Å². The summed E-state index contributed by atoms with van der Waals surface area (Å²) >= 11 is 6.04. The second-order valence-corrected chi connectivity index (χ2v) is 7.05. The summed E-state index contributed by atoms with van der Waals surface area (Å²) in [5, 5.41) is 6.19. The lowest BCUT2D eigenvalue weighted by atomic mass is 9.97. The Hall–Kier alpha value is -2.37. The van der Waals surface area contributed by atoms with Crippen molar-refractivity contribution in [3.05, 3.63) is 59.1 Å². The first-order valence-corrected chi connectivity index (χ1v) is 9.40. The van der Waals surface area contributed by atoms with Crippen molar-refractivity contribution < 1.29 is 9.59 Å². The Morgan fingerprint density at radius 3 is 2.07 bits per heavy atom. The first-order valence-electron chi connectivity index (χ1n) is 9.02. The number of benzene rings is 2. The fourth-order valence-corrected chi connectivity index (χ4v) is 2.93. The van der Waals surface area contributed by atoms with E-state index >= 15 is 0 Å². The molecule has 0 saturated heterocycles. The Balaban J connectivity index is 1.89. The Morgan fingerprint density at radius 1 is 0.963 bits per heavy atom. The molecule has 0 saturated carbocycles. The zero-order chi connectivity index (χ0) is 19.8. The van der Waals surface area contributed by atoms with Crippen LogP contribution in [0.15, 0.2) is 48.5 Å². The van der Waals surface area contributed by atoms with Gasteiger partial charge < -0.3 is 10.6 Å². The van der Waals surface area contributed by atoms with Crippen LogP contribution in [0.5, 0.6) is 0 Å². The van der Waals surface area contributed by atoms with E-state index in [4.69, 9.17) is 11.6 Å². The number of amides is 2. The number of likely N-dealkylation sites (N-methyl/N-ethyl adjacent to an activating group) is 1. The molecule has 2 rings (SSSR count). The van der Waals surface area contributed by atoms with Crippen LogP contribution in [-0.2, 0) is 9.59 Å². The van der Waals surface area contributed by atoms with Crippen molar-refractivity contribution in [1.29, 1.82) is 0 Å². The topological polar surface area (TPSA) is 61.4 Å². The van der Waals surface area contributed by atoms with Crippen LogP contribution in [0.2, 0.25) is 5.02 Å². The van der Waals surface area contributed by atoms with E-state index in [9.17, 15) is 9.59 Å². The van der Waals surface area contributed by atoms with Gasteiger partial charge in [-0.1, -0.05) is 55.8 Å². The van der Waals surface area contributed by atoms with Crippen molar-refractivity contribution in [2.75, 3.05) is 30.8 Å². The quantitative estimate of drug-likeness (QED) is 0.707. The molecule has 0 heterocycles. The zero-order valence-corrected chi connectivity index (χ0v) is 16.7. The van der Waals surface area contributed by atoms with Crippen LogP contribution < -0.4 is 10.6 Å². The Kier molecular flexibility index (Phi) is 7.82. The molecule has 0 fully saturated rings. The summed E-state index contributed by atoms with van der Waals surface area (Å²) in [6.45, 7) is 4.46. The van der Waals surface area contributed by atoms with Gasteiger partial charge in [-0.15, -0.1) is 0 Å². The molecule has 2 N–H and O–H groups in total. The predicted molar refractivity (Wildman–Crippen MR) is 111 cm³/mol. The third kappa shape index (κ3) is 6.38. The monoisotopic (exact) mass is 387 g/mol. The molecule has 1 atom stereocenters. The average Bonchev–Trinajstić information content (AvgIpc) is 2.63. The summed E-state index contributed by atoms with van der Waals surface area (Å²) in [4.78, 5) is 26.2. The third-order valence-corrected chi connectivity index (χ3v) is 4.68. The van der Waals surface area contributed by atoms with Crippen LogP contribution in [0.25, 0.3) is 0 Å². The lowest BCUT2D eigenvalue weighted by Gasteiger charge is -2.19. The second-order valence-electron chi connectivity index (χ2n) is 6.65. The molecule has 0 aliphatic rings. The highest BCUT2D eigenvalue weighted by Crippen LogP contribution is 2.26. The van der Waals surface area contributed by atoms with Crippen LogP contribution in [0.3, 0.4) is 0 Å². The average molecular weight is 388 g/mol.